The molecule has 2 aromatic rings. The van der Waals surface area contributed by atoms with Gasteiger partial charge in [0.25, 0.3) is 0 Å². The highest BCUT2D eigenvalue weighted by Gasteiger charge is 2.24. The Morgan fingerprint density at radius 3 is 2.43 bits per heavy atom. The molecule has 120 valence electrons. The Bertz CT molecular complexity index is 697. The lowest BCUT2D eigenvalue weighted by atomic mass is 9.99. The van der Waals surface area contributed by atoms with Gasteiger partial charge < -0.3 is 15.2 Å². The molecule has 5 nitrogen and oxygen atoms in total. The molecular formula is C18H19NO4. The zero-order chi connectivity index (χ0) is 16.8. The molecule has 23 heavy (non-hydrogen) atoms. The zero-order valence-electron chi connectivity index (χ0n) is 13.1. The van der Waals surface area contributed by atoms with Gasteiger partial charge in [0, 0.05) is 0 Å². The van der Waals surface area contributed by atoms with E-state index < -0.39 is 18.1 Å². The molecule has 0 fully saturated rings. The number of ether oxygens (including phenoxy) is 1. The van der Waals surface area contributed by atoms with Crippen molar-refractivity contribution in [3.05, 3.63) is 70.8 Å². The molecule has 2 aromatic carbocycles. The third-order valence-corrected chi connectivity index (χ3v) is 3.46. The molecule has 0 radical (unpaired) electrons. The molecule has 0 spiro atoms. The van der Waals surface area contributed by atoms with Gasteiger partial charge in [0.1, 0.15) is 6.61 Å². The number of carboxylic acid groups (broad SMARTS) is 1. The third-order valence-electron chi connectivity index (χ3n) is 3.46. The molecule has 5 heteroatoms. The van der Waals surface area contributed by atoms with Crippen molar-refractivity contribution in [1.82, 2.24) is 5.32 Å². The van der Waals surface area contributed by atoms with Gasteiger partial charge in [-0.15, -0.1) is 0 Å². The normalized spacial score (nSPS) is 11.6. The fraction of sp³-hybridized carbons (Fsp3) is 0.222. The lowest BCUT2D eigenvalue weighted by Gasteiger charge is -2.17. The molecule has 1 atom stereocenters. The van der Waals surface area contributed by atoms with E-state index >= 15 is 0 Å². The fourth-order valence-electron chi connectivity index (χ4n) is 2.30. The van der Waals surface area contributed by atoms with Crippen molar-refractivity contribution in [1.29, 1.82) is 0 Å². The first-order chi connectivity index (χ1) is 11.0. The number of rotatable bonds is 5. The van der Waals surface area contributed by atoms with Crippen LogP contribution in [0.15, 0.2) is 48.5 Å². The Kier molecular flexibility index (Phi) is 5.36. The maximum Gasteiger partial charge on any atom is 0.408 e. The summed E-state index contributed by atoms with van der Waals surface area (Å²) in [6.07, 6.45) is -0.763. The number of benzene rings is 2. The highest BCUT2D eigenvalue weighted by molar-refractivity contribution is 5.81. The molecule has 2 rings (SSSR count). The summed E-state index contributed by atoms with van der Waals surface area (Å²) in [6.45, 7) is 3.83. The van der Waals surface area contributed by atoms with Gasteiger partial charge in [0.05, 0.1) is 0 Å². The van der Waals surface area contributed by atoms with Crippen molar-refractivity contribution in [2.24, 2.45) is 0 Å². The summed E-state index contributed by atoms with van der Waals surface area (Å²) in [5.74, 6) is -1.13. The SMILES string of the molecule is Cc1ccc([C@@H](NC(=O)OCc2ccccc2)C(=O)O)c(C)c1. The minimum absolute atomic E-state index is 0.0892. The number of amides is 1. The number of carbonyl (C=O) groups is 2. The van der Waals surface area contributed by atoms with Crippen LogP contribution in [0.5, 0.6) is 0 Å². The number of aliphatic carboxylic acids is 1. The van der Waals surface area contributed by atoms with Gasteiger partial charge >= 0.3 is 12.1 Å². The van der Waals surface area contributed by atoms with Crippen molar-refractivity contribution in [2.75, 3.05) is 0 Å². The predicted molar refractivity (Wildman–Crippen MR) is 86.1 cm³/mol. The minimum atomic E-state index is -1.14. The van der Waals surface area contributed by atoms with E-state index in [4.69, 9.17) is 4.74 Å². The number of alkyl carbamates (subject to hydrolysis) is 1. The average Bonchev–Trinajstić information content (AvgIpc) is 2.52. The van der Waals surface area contributed by atoms with Crippen LogP contribution in [0.3, 0.4) is 0 Å². The molecule has 0 bridgehead atoms. The van der Waals surface area contributed by atoms with Gasteiger partial charge in [-0.1, -0.05) is 54.1 Å². The van der Waals surface area contributed by atoms with Crippen LogP contribution in [-0.4, -0.2) is 17.2 Å². The van der Waals surface area contributed by atoms with Crippen LogP contribution in [0.2, 0.25) is 0 Å². The second-order valence-electron chi connectivity index (χ2n) is 5.34. The molecule has 0 aliphatic heterocycles. The first-order valence-electron chi connectivity index (χ1n) is 7.24. The monoisotopic (exact) mass is 313 g/mol. The van der Waals surface area contributed by atoms with E-state index in [0.717, 1.165) is 16.7 Å². The van der Waals surface area contributed by atoms with Crippen LogP contribution >= 0.6 is 0 Å². The first-order valence-corrected chi connectivity index (χ1v) is 7.24. The lowest BCUT2D eigenvalue weighted by molar-refractivity contribution is -0.139. The number of carbonyl (C=O) groups excluding carboxylic acids is 1. The molecule has 0 aliphatic carbocycles. The molecule has 1 amide bonds. The molecule has 0 aliphatic rings. The largest absolute Gasteiger partial charge is 0.479 e. The van der Waals surface area contributed by atoms with Gasteiger partial charge in [-0.3, -0.25) is 0 Å². The van der Waals surface area contributed by atoms with Crippen LogP contribution in [0.1, 0.15) is 28.3 Å². The first kappa shape index (κ1) is 16.5. The summed E-state index contributed by atoms with van der Waals surface area (Å²) < 4.78 is 5.08. The Hall–Kier alpha value is -2.82. The molecule has 0 aromatic heterocycles. The second kappa shape index (κ2) is 7.45. The van der Waals surface area contributed by atoms with E-state index in [-0.39, 0.29) is 6.61 Å². The summed E-state index contributed by atoms with van der Waals surface area (Å²) in [5.41, 5.74) is 3.21. The van der Waals surface area contributed by atoms with E-state index in [2.05, 4.69) is 5.32 Å². The maximum atomic E-state index is 11.9. The Morgan fingerprint density at radius 1 is 1.13 bits per heavy atom. The Labute approximate surface area is 134 Å². The number of hydrogen-bond acceptors (Lipinski definition) is 3. The van der Waals surface area contributed by atoms with Crippen LogP contribution in [0, 0.1) is 13.8 Å². The van der Waals surface area contributed by atoms with Gasteiger partial charge in [0.15, 0.2) is 6.04 Å². The lowest BCUT2D eigenvalue weighted by Crippen LogP contribution is -2.34. The van der Waals surface area contributed by atoms with E-state index in [1.54, 1.807) is 6.07 Å². The van der Waals surface area contributed by atoms with Crippen molar-refractivity contribution in [3.8, 4) is 0 Å². The molecule has 0 saturated heterocycles. The van der Waals surface area contributed by atoms with Gasteiger partial charge in [-0.25, -0.2) is 9.59 Å². The molecular weight excluding hydrogens is 294 g/mol. The van der Waals surface area contributed by atoms with Crippen LogP contribution < -0.4 is 5.32 Å². The second-order valence-corrected chi connectivity index (χ2v) is 5.34. The molecule has 0 heterocycles. The Morgan fingerprint density at radius 2 is 1.83 bits per heavy atom. The van der Waals surface area contributed by atoms with Gasteiger partial charge in [-0.05, 0) is 30.5 Å². The number of aryl methyl sites for hydroxylation is 2. The summed E-state index contributed by atoms with van der Waals surface area (Å²) in [7, 11) is 0. The standard InChI is InChI=1S/C18H19NO4/c1-12-8-9-15(13(2)10-12)16(17(20)21)19-18(22)23-11-14-6-4-3-5-7-14/h3-10,16H,11H2,1-2H3,(H,19,22)(H,20,21)/t16-/m1/s1. The molecule has 0 saturated carbocycles. The number of nitrogens with one attached hydrogen (secondary N) is 1. The average molecular weight is 313 g/mol. The smallest absolute Gasteiger partial charge is 0.408 e. The van der Waals surface area contributed by atoms with Crippen molar-refractivity contribution >= 4 is 12.1 Å². The van der Waals surface area contributed by atoms with Crippen molar-refractivity contribution in [2.45, 2.75) is 26.5 Å². The Balaban J connectivity index is 2.04. The van der Waals surface area contributed by atoms with E-state index in [9.17, 15) is 14.7 Å². The van der Waals surface area contributed by atoms with Crippen molar-refractivity contribution < 1.29 is 19.4 Å². The van der Waals surface area contributed by atoms with Crippen LogP contribution in [0.25, 0.3) is 0 Å². The van der Waals surface area contributed by atoms with E-state index in [1.165, 1.54) is 0 Å². The van der Waals surface area contributed by atoms with Crippen LogP contribution in [0.4, 0.5) is 4.79 Å². The minimum Gasteiger partial charge on any atom is -0.479 e. The van der Waals surface area contributed by atoms with Gasteiger partial charge in [-0.2, -0.15) is 0 Å². The molecule has 2 N–H and O–H groups in total. The quantitative estimate of drug-likeness (QED) is 0.887. The fourth-order valence-corrected chi connectivity index (χ4v) is 2.30. The van der Waals surface area contributed by atoms with Crippen LogP contribution in [-0.2, 0) is 16.1 Å². The van der Waals surface area contributed by atoms with Gasteiger partial charge in [0.2, 0.25) is 0 Å². The highest BCUT2D eigenvalue weighted by atomic mass is 16.5. The van der Waals surface area contributed by atoms with Crippen molar-refractivity contribution in [3.63, 3.8) is 0 Å². The van der Waals surface area contributed by atoms with E-state index in [1.807, 2.05) is 56.3 Å². The predicted octanol–water partition coefficient (Wildman–Crippen LogP) is 3.36. The van der Waals surface area contributed by atoms with E-state index in [0.29, 0.717) is 5.56 Å². The summed E-state index contributed by atoms with van der Waals surface area (Å²) in [6, 6.07) is 13.5. The summed E-state index contributed by atoms with van der Waals surface area (Å²) >= 11 is 0. The highest BCUT2D eigenvalue weighted by Crippen LogP contribution is 2.19. The number of carboxylic acids is 1. The maximum absolute atomic E-state index is 11.9. The molecule has 0 unspecified atom stereocenters. The summed E-state index contributed by atoms with van der Waals surface area (Å²) in [5, 5.41) is 11.8. The topological polar surface area (TPSA) is 75.6 Å². The zero-order valence-corrected chi connectivity index (χ0v) is 13.1. The third kappa shape index (κ3) is 4.57. The number of hydrogen-bond donors (Lipinski definition) is 2. The summed E-state index contributed by atoms with van der Waals surface area (Å²) in [4.78, 5) is 23.4.